The van der Waals surface area contributed by atoms with Gasteiger partial charge in [-0.25, -0.2) is 4.98 Å². The third kappa shape index (κ3) is 3.42. The monoisotopic (exact) mass is 278 g/mol. The van der Waals surface area contributed by atoms with Gasteiger partial charge in [0.05, 0.1) is 7.11 Å². The maximum atomic E-state index is 5.61. The van der Waals surface area contributed by atoms with Crippen molar-refractivity contribution in [2.24, 2.45) is 5.73 Å². The largest absolute Gasteiger partial charge is 0.497 e. The number of methoxy groups -OCH3 is 1. The zero-order chi connectivity index (χ0) is 13.7. The molecule has 0 bridgehead atoms. The summed E-state index contributed by atoms with van der Waals surface area (Å²) in [4.78, 5) is 6.57. The molecule has 0 aliphatic carbocycles. The Bertz CT molecular complexity index is 529. The molecule has 2 rings (SSSR count). The summed E-state index contributed by atoms with van der Waals surface area (Å²) in [5.41, 5.74) is 6.66. The van der Waals surface area contributed by atoms with Crippen LogP contribution in [0.2, 0.25) is 0 Å². The fourth-order valence-corrected chi connectivity index (χ4v) is 2.48. The number of rotatable bonds is 6. The number of hydrogen-bond acceptors (Lipinski definition) is 6. The number of ether oxygens (including phenoxy) is 1. The lowest BCUT2D eigenvalue weighted by Crippen LogP contribution is -2.20. The van der Waals surface area contributed by atoms with Crippen LogP contribution in [0.4, 0.5) is 10.8 Å². The molecule has 0 spiro atoms. The second-order valence-corrected chi connectivity index (χ2v) is 4.85. The highest BCUT2D eigenvalue weighted by Crippen LogP contribution is 2.29. The average molecular weight is 278 g/mol. The topological polar surface area (TPSA) is 64.3 Å². The lowest BCUT2D eigenvalue weighted by Gasteiger charge is -2.21. The van der Waals surface area contributed by atoms with Gasteiger partial charge in [-0.05, 0) is 32.0 Å². The van der Waals surface area contributed by atoms with E-state index in [0.29, 0.717) is 6.54 Å². The number of hydrogen-bond donors (Lipinski definition) is 1. The van der Waals surface area contributed by atoms with Crippen LogP contribution in [-0.4, -0.2) is 29.6 Å². The van der Waals surface area contributed by atoms with Crippen molar-refractivity contribution in [3.63, 3.8) is 0 Å². The highest BCUT2D eigenvalue weighted by molar-refractivity contribution is 7.09. The minimum atomic E-state index is 0.651. The standard InChI is InChI=1S/C13H18N4OS/c1-10-15-13(19-16-10)17(8-4-7-14)11-5-3-6-12(9-11)18-2/h3,5-6,9H,4,7-8,14H2,1-2H3. The molecule has 0 saturated carbocycles. The van der Waals surface area contributed by atoms with E-state index in [2.05, 4.69) is 14.3 Å². The molecule has 0 unspecified atom stereocenters. The van der Waals surface area contributed by atoms with Crippen molar-refractivity contribution in [2.45, 2.75) is 13.3 Å². The molecule has 2 N–H and O–H groups in total. The lowest BCUT2D eigenvalue weighted by atomic mass is 10.2. The molecule has 0 aliphatic heterocycles. The number of nitrogens with two attached hydrogens (primary N) is 1. The highest BCUT2D eigenvalue weighted by atomic mass is 32.1. The Kier molecular flexibility index (Phi) is 4.70. The van der Waals surface area contributed by atoms with Crippen molar-refractivity contribution in [3.8, 4) is 5.75 Å². The van der Waals surface area contributed by atoms with Gasteiger partial charge in [0.25, 0.3) is 0 Å². The van der Waals surface area contributed by atoms with Crippen LogP contribution in [0, 0.1) is 6.92 Å². The maximum absolute atomic E-state index is 5.61. The first-order valence-corrected chi connectivity index (χ1v) is 6.94. The van der Waals surface area contributed by atoms with Crippen molar-refractivity contribution < 1.29 is 4.74 Å². The summed E-state index contributed by atoms with van der Waals surface area (Å²) in [6, 6.07) is 7.93. The van der Waals surface area contributed by atoms with Gasteiger partial charge in [0.2, 0.25) is 5.13 Å². The van der Waals surface area contributed by atoms with Gasteiger partial charge in [-0.3, -0.25) is 0 Å². The maximum Gasteiger partial charge on any atom is 0.209 e. The van der Waals surface area contributed by atoms with E-state index in [1.165, 1.54) is 11.5 Å². The van der Waals surface area contributed by atoms with Crippen LogP contribution in [0.25, 0.3) is 0 Å². The molecule has 6 heteroatoms. The Labute approximate surface area is 117 Å². The Morgan fingerprint density at radius 3 is 2.89 bits per heavy atom. The van der Waals surface area contributed by atoms with Gasteiger partial charge < -0.3 is 15.4 Å². The molecule has 1 aromatic carbocycles. The lowest BCUT2D eigenvalue weighted by molar-refractivity contribution is 0.415. The van der Waals surface area contributed by atoms with E-state index in [-0.39, 0.29) is 0 Å². The van der Waals surface area contributed by atoms with Gasteiger partial charge in [-0.1, -0.05) is 6.07 Å². The van der Waals surface area contributed by atoms with Crippen LogP contribution in [-0.2, 0) is 0 Å². The minimum Gasteiger partial charge on any atom is -0.497 e. The number of aryl methyl sites for hydroxylation is 1. The molecule has 0 saturated heterocycles. The Hall–Kier alpha value is -1.66. The summed E-state index contributed by atoms with van der Waals surface area (Å²) in [7, 11) is 1.67. The molecule has 2 aromatic rings. The van der Waals surface area contributed by atoms with E-state index in [1.807, 2.05) is 31.2 Å². The smallest absolute Gasteiger partial charge is 0.209 e. The van der Waals surface area contributed by atoms with Crippen molar-refractivity contribution in [1.29, 1.82) is 0 Å². The van der Waals surface area contributed by atoms with E-state index >= 15 is 0 Å². The van der Waals surface area contributed by atoms with E-state index in [0.717, 1.165) is 35.4 Å². The molecule has 0 atom stereocenters. The molecule has 1 aromatic heterocycles. The Balaban J connectivity index is 2.30. The van der Waals surface area contributed by atoms with E-state index in [4.69, 9.17) is 10.5 Å². The molecular weight excluding hydrogens is 260 g/mol. The van der Waals surface area contributed by atoms with Crippen LogP contribution in [0.15, 0.2) is 24.3 Å². The fraction of sp³-hybridized carbons (Fsp3) is 0.385. The van der Waals surface area contributed by atoms with Gasteiger partial charge in [0, 0.05) is 29.8 Å². The van der Waals surface area contributed by atoms with Crippen LogP contribution >= 0.6 is 11.5 Å². The molecule has 102 valence electrons. The van der Waals surface area contributed by atoms with E-state index in [9.17, 15) is 0 Å². The minimum absolute atomic E-state index is 0.651. The SMILES string of the molecule is COc1cccc(N(CCCN)c2nc(C)ns2)c1. The summed E-state index contributed by atoms with van der Waals surface area (Å²) in [6.45, 7) is 3.36. The van der Waals surface area contributed by atoms with Gasteiger partial charge >= 0.3 is 0 Å². The van der Waals surface area contributed by atoms with Crippen molar-refractivity contribution >= 4 is 22.4 Å². The Morgan fingerprint density at radius 1 is 1.42 bits per heavy atom. The van der Waals surface area contributed by atoms with Crippen LogP contribution in [0.3, 0.4) is 0 Å². The van der Waals surface area contributed by atoms with Crippen molar-refractivity contribution in [1.82, 2.24) is 9.36 Å². The molecule has 1 heterocycles. The summed E-state index contributed by atoms with van der Waals surface area (Å²) in [6.07, 6.45) is 0.899. The summed E-state index contributed by atoms with van der Waals surface area (Å²) in [5, 5.41) is 0.888. The third-order valence-corrected chi connectivity index (χ3v) is 3.53. The van der Waals surface area contributed by atoms with Gasteiger partial charge in [0.1, 0.15) is 11.6 Å². The molecule has 0 fully saturated rings. The fourth-order valence-electron chi connectivity index (χ4n) is 1.76. The van der Waals surface area contributed by atoms with Crippen LogP contribution in [0.1, 0.15) is 12.2 Å². The average Bonchev–Trinajstić information content (AvgIpc) is 2.86. The second-order valence-electron chi connectivity index (χ2n) is 4.12. The molecule has 5 nitrogen and oxygen atoms in total. The number of benzene rings is 1. The number of aromatic nitrogens is 2. The summed E-state index contributed by atoms with van der Waals surface area (Å²) < 4.78 is 9.51. The first-order chi connectivity index (χ1) is 9.24. The van der Waals surface area contributed by atoms with E-state index in [1.54, 1.807) is 7.11 Å². The zero-order valence-electron chi connectivity index (χ0n) is 11.2. The van der Waals surface area contributed by atoms with Gasteiger partial charge in [-0.15, -0.1) is 0 Å². The predicted molar refractivity (Wildman–Crippen MR) is 78.3 cm³/mol. The van der Waals surface area contributed by atoms with Crippen molar-refractivity contribution in [2.75, 3.05) is 25.1 Å². The number of anilines is 2. The molecule has 0 radical (unpaired) electrons. The van der Waals surface area contributed by atoms with Gasteiger partial charge in [-0.2, -0.15) is 4.37 Å². The van der Waals surface area contributed by atoms with Gasteiger partial charge in [0.15, 0.2) is 0 Å². The highest BCUT2D eigenvalue weighted by Gasteiger charge is 2.13. The first kappa shape index (κ1) is 13.8. The molecular formula is C13H18N4OS. The zero-order valence-corrected chi connectivity index (χ0v) is 12.0. The first-order valence-electron chi connectivity index (χ1n) is 6.16. The Morgan fingerprint density at radius 2 is 2.26 bits per heavy atom. The van der Waals surface area contributed by atoms with E-state index < -0.39 is 0 Å². The quantitative estimate of drug-likeness (QED) is 0.878. The van der Waals surface area contributed by atoms with Crippen LogP contribution < -0.4 is 15.4 Å². The van der Waals surface area contributed by atoms with Crippen molar-refractivity contribution in [3.05, 3.63) is 30.1 Å². The van der Waals surface area contributed by atoms with Crippen LogP contribution in [0.5, 0.6) is 5.75 Å². The molecule has 0 amide bonds. The molecule has 0 aliphatic rings. The summed E-state index contributed by atoms with van der Waals surface area (Å²) in [5.74, 6) is 1.62. The predicted octanol–water partition coefficient (Wildman–Crippen LogP) is 2.34. The number of nitrogens with zero attached hydrogens (tertiary/aromatic N) is 3. The third-order valence-electron chi connectivity index (χ3n) is 2.70. The summed E-state index contributed by atoms with van der Waals surface area (Å²) >= 11 is 1.40. The molecule has 19 heavy (non-hydrogen) atoms. The normalized spacial score (nSPS) is 10.5. The second kappa shape index (κ2) is 6.49.